The van der Waals surface area contributed by atoms with Crippen LogP contribution in [-0.4, -0.2) is 18.0 Å². The lowest BCUT2D eigenvalue weighted by Gasteiger charge is -2.11. The van der Waals surface area contributed by atoms with Crippen LogP contribution >= 0.6 is 0 Å². The second-order valence-corrected chi connectivity index (χ2v) is 4.74. The van der Waals surface area contributed by atoms with Crippen molar-refractivity contribution >= 4 is 11.0 Å². The molecule has 0 bridgehead atoms. The van der Waals surface area contributed by atoms with Crippen LogP contribution in [0.25, 0.3) is 11.0 Å². The maximum atomic E-state index is 5.84. The van der Waals surface area contributed by atoms with E-state index >= 15 is 0 Å². The number of rotatable bonds is 2. The standard InChI is InChI=1S/C14H17NO/c1-11-4-5-14-12(8-11)9-13(16-14)10-15-6-2-3-7-15/h4-5,8-9H,2-3,6-7,10H2,1H3. The molecule has 16 heavy (non-hydrogen) atoms. The Bertz CT molecular complexity index is 494. The molecule has 1 fully saturated rings. The highest BCUT2D eigenvalue weighted by molar-refractivity contribution is 5.78. The van der Waals surface area contributed by atoms with Gasteiger partial charge in [-0.05, 0) is 51.1 Å². The van der Waals surface area contributed by atoms with E-state index in [4.69, 9.17) is 4.42 Å². The van der Waals surface area contributed by atoms with Crippen LogP contribution in [0, 0.1) is 6.92 Å². The predicted molar refractivity (Wildman–Crippen MR) is 65.5 cm³/mol. The second kappa shape index (κ2) is 3.95. The molecule has 0 spiro atoms. The summed E-state index contributed by atoms with van der Waals surface area (Å²) in [6.45, 7) is 5.52. The molecule has 0 N–H and O–H groups in total. The van der Waals surface area contributed by atoms with Crippen molar-refractivity contribution in [1.29, 1.82) is 0 Å². The van der Waals surface area contributed by atoms with E-state index in [1.165, 1.54) is 36.9 Å². The van der Waals surface area contributed by atoms with E-state index in [0.717, 1.165) is 17.9 Å². The predicted octanol–water partition coefficient (Wildman–Crippen LogP) is 3.34. The number of fused-ring (bicyclic) bond motifs is 1. The average Bonchev–Trinajstić information content (AvgIpc) is 2.86. The van der Waals surface area contributed by atoms with E-state index in [1.807, 2.05) is 0 Å². The minimum atomic E-state index is 0.966. The molecule has 2 nitrogen and oxygen atoms in total. The van der Waals surface area contributed by atoms with Crippen LogP contribution in [0.15, 0.2) is 28.7 Å². The van der Waals surface area contributed by atoms with Crippen molar-refractivity contribution in [2.24, 2.45) is 0 Å². The first-order valence-electron chi connectivity index (χ1n) is 6.03. The zero-order valence-corrected chi connectivity index (χ0v) is 9.70. The Kier molecular flexibility index (Phi) is 2.44. The van der Waals surface area contributed by atoms with Crippen molar-refractivity contribution in [3.63, 3.8) is 0 Å². The van der Waals surface area contributed by atoms with Crippen molar-refractivity contribution in [3.8, 4) is 0 Å². The molecular formula is C14H17NO. The van der Waals surface area contributed by atoms with Crippen LogP contribution < -0.4 is 0 Å². The highest BCUT2D eigenvalue weighted by Crippen LogP contribution is 2.22. The number of hydrogen-bond acceptors (Lipinski definition) is 2. The molecule has 1 aromatic carbocycles. The highest BCUT2D eigenvalue weighted by Gasteiger charge is 2.14. The van der Waals surface area contributed by atoms with Gasteiger partial charge in [-0.25, -0.2) is 0 Å². The minimum Gasteiger partial charge on any atom is -0.460 e. The molecule has 0 aliphatic carbocycles. The van der Waals surface area contributed by atoms with Gasteiger partial charge in [0.2, 0.25) is 0 Å². The summed E-state index contributed by atoms with van der Waals surface area (Å²) in [5.74, 6) is 1.10. The quantitative estimate of drug-likeness (QED) is 0.764. The molecule has 2 aromatic rings. The summed E-state index contributed by atoms with van der Waals surface area (Å²) in [7, 11) is 0. The van der Waals surface area contributed by atoms with Crippen LogP contribution in [0.2, 0.25) is 0 Å². The summed E-state index contributed by atoms with van der Waals surface area (Å²) < 4.78 is 5.84. The average molecular weight is 215 g/mol. The van der Waals surface area contributed by atoms with Crippen molar-refractivity contribution in [2.75, 3.05) is 13.1 Å². The molecule has 0 atom stereocenters. The van der Waals surface area contributed by atoms with E-state index in [-0.39, 0.29) is 0 Å². The third-order valence-electron chi connectivity index (χ3n) is 3.30. The van der Waals surface area contributed by atoms with Gasteiger partial charge in [0.15, 0.2) is 0 Å². The summed E-state index contributed by atoms with van der Waals surface area (Å²) in [5, 5.41) is 1.23. The lowest BCUT2D eigenvalue weighted by Crippen LogP contribution is -2.17. The van der Waals surface area contributed by atoms with Gasteiger partial charge >= 0.3 is 0 Å². The number of nitrogens with zero attached hydrogens (tertiary/aromatic N) is 1. The number of aryl methyl sites for hydroxylation is 1. The number of furan rings is 1. The van der Waals surface area contributed by atoms with Crippen molar-refractivity contribution in [1.82, 2.24) is 4.90 Å². The Hall–Kier alpha value is -1.28. The van der Waals surface area contributed by atoms with Gasteiger partial charge in [-0.2, -0.15) is 0 Å². The maximum Gasteiger partial charge on any atom is 0.134 e. The van der Waals surface area contributed by atoms with Gasteiger partial charge in [0.25, 0.3) is 0 Å². The van der Waals surface area contributed by atoms with Gasteiger partial charge in [0.05, 0.1) is 6.54 Å². The Balaban J connectivity index is 1.86. The van der Waals surface area contributed by atoms with Gasteiger partial charge in [0, 0.05) is 5.39 Å². The molecule has 3 rings (SSSR count). The molecule has 0 unspecified atom stereocenters. The monoisotopic (exact) mass is 215 g/mol. The smallest absolute Gasteiger partial charge is 0.134 e. The fourth-order valence-corrected chi connectivity index (χ4v) is 2.46. The van der Waals surface area contributed by atoms with Gasteiger partial charge in [-0.15, -0.1) is 0 Å². The Morgan fingerprint density at radius 3 is 2.81 bits per heavy atom. The molecule has 1 aliphatic heterocycles. The third-order valence-corrected chi connectivity index (χ3v) is 3.30. The van der Waals surface area contributed by atoms with E-state index in [2.05, 4.69) is 36.1 Å². The van der Waals surface area contributed by atoms with E-state index < -0.39 is 0 Å². The Labute approximate surface area is 95.9 Å². The first-order valence-corrected chi connectivity index (χ1v) is 6.03. The van der Waals surface area contributed by atoms with Gasteiger partial charge in [0.1, 0.15) is 11.3 Å². The summed E-state index contributed by atoms with van der Waals surface area (Å²) in [5.41, 5.74) is 2.31. The minimum absolute atomic E-state index is 0.966. The molecule has 0 saturated carbocycles. The summed E-state index contributed by atoms with van der Waals surface area (Å²) >= 11 is 0. The fourth-order valence-electron chi connectivity index (χ4n) is 2.46. The topological polar surface area (TPSA) is 16.4 Å². The Morgan fingerprint density at radius 1 is 1.19 bits per heavy atom. The fraction of sp³-hybridized carbons (Fsp3) is 0.429. The molecular weight excluding hydrogens is 198 g/mol. The van der Waals surface area contributed by atoms with Gasteiger partial charge in [-0.3, -0.25) is 4.90 Å². The molecule has 2 heteroatoms. The van der Waals surface area contributed by atoms with Crippen LogP contribution in [0.1, 0.15) is 24.2 Å². The lowest BCUT2D eigenvalue weighted by molar-refractivity contribution is 0.302. The third kappa shape index (κ3) is 1.85. The number of hydrogen-bond donors (Lipinski definition) is 0. The van der Waals surface area contributed by atoms with Gasteiger partial charge < -0.3 is 4.42 Å². The molecule has 84 valence electrons. The lowest BCUT2D eigenvalue weighted by atomic mass is 10.2. The zero-order valence-electron chi connectivity index (χ0n) is 9.70. The molecule has 1 aliphatic rings. The van der Waals surface area contributed by atoms with Gasteiger partial charge in [-0.1, -0.05) is 11.6 Å². The van der Waals surface area contributed by atoms with Crippen LogP contribution in [0.5, 0.6) is 0 Å². The SMILES string of the molecule is Cc1ccc2oc(CN3CCCC3)cc2c1. The molecule has 2 heterocycles. The van der Waals surface area contributed by atoms with Crippen molar-refractivity contribution in [2.45, 2.75) is 26.3 Å². The second-order valence-electron chi connectivity index (χ2n) is 4.74. The summed E-state index contributed by atoms with van der Waals surface area (Å²) in [6.07, 6.45) is 2.67. The van der Waals surface area contributed by atoms with E-state index in [1.54, 1.807) is 0 Å². The van der Waals surface area contributed by atoms with Crippen LogP contribution in [0.3, 0.4) is 0 Å². The van der Waals surface area contributed by atoms with Crippen molar-refractivity contribution < 1.29 is 4.42 Å². The van der Waals surface area contributed by atoms with Crippen molar-refractivity contribution in [3.05, 3.63) is 35.6 Å². The number of likely N-dealkylation sites (tertiary alicyclic amines) is 1. The van der Waals surface area contributed by atoms with E-state index in [9.17, 15) is 0 Å². The molecule has 1 saturated heterocycles. The largest absolute Gasteiger partial charge is 0.460 e. The summed E-state index contributed by atoms with van der Waals surface area (Å²) in [6, 6.07) is 8.54. The molecule has 0 radical (unpaired) electrons. The molecule has 0 amide bonds. The van der Waals surface area contributed by atoms with E-state index in [0.29, 0.717) is 0 Å². The Morgan fingerprint density at radius 2 is 2.00 bits per heavy atom. The summed E-state index contributed by atoms with van der Waals surface area (Å²) in [4.78, 5) is 2.46. The normalized spacial score (nSPS) is 17.3. The van der Waals surface area contributed by atoms with Crippen LogP contribution in [-0.2, 0) is 6.54 Å². The highest BCUT2D eigenvalue weighted by atomic mass is 16.3. The number of benzene rings is 1. The zero-order chi connectivity index (χ0) is 11.0. The van der Waals surface area contributed by atoms with Crippen LogP contribution in [0.4, 0.5) is 0 Å². The maximum absolute atomic E-state index is 5.84. The first kappa shape index (κ1) is 9.91. The molecule has 1 aromatic heterocycles. The first-order chi connectivity index (χ1) is 7.81.